The van der Waals surface area contributed by atoms with E-state index in [1.165, 1.54) is 0 Å². The summed E-state index contributed by atoms with van der Waals surface area (Å²) in [5, 5.41) is 4.91. The number of thiophene rings is 1. The van der Waals surface area contributed by atoms with Crippen LogP contribution in [0.3, 0.4) is 0 Å². The zero-order valence-corrected chi connectivity index (χ0v) is 30.9. The van der Waals surface area contributed by atoms with Crippen molar-refractivity contribution < 1.29 is 8.83 Å². The second-order valence-corrected chi connectivity index (χ2v) is 15.0. The Morgan fingerprint density at radius 1 is 0.351 bits per heavy atom. The van der Waals surface area contributed by atoms with Gasteiger partial charge in [-0.1, -0.05) is 133 Å². The molecule has 7 nitrogen and oxygen atoms in total. The Balaban J connectivity index is 1.15. The molecule has 0 bridgehead atoms. The first-order valence-corrected chi connectivity index (χ1v) is 19.5. The average molecular weight is 750 g/mol. The molecule has 0 unspecified atom stereocenters. The fraction of sp³-hybridized carbons (Fsp3) is 0. The van der Waals surface area contributed by atoms with Crippen LogP contribution < -0.4 is 0 Å². The third-order valence-corrected chi connectivity index (χ3v) is 11.7. The van der Waals surface area contributed by atoms with Gasteiger partial charge < -0.3 is 8.83 Å². The molecule has 0 amide bonds. The van der Waals surface area contributed by atoms with Crippen molar-refractivity contribution >= 4 is 75.5 Å². The summed E-state index contributed by atoms with van der Waals surface area (Å²) in [6.45, 7) is 0. The molecule has 0 N–H and O–H groups in total. The number of hydrogen-bond acceptors (Lipinski definition) is 8. The summed E-state index contributed by atoms with van der Waals surface area (Å²) in [6.07, 6.45) is 0. The van der Waals surface area contributed by atoms with E-state index in [0.717, 1.165) is 97.7 Å². The van der Waals surface area contributed by atoms with E-state index >= 15 is 0 Å². The van der Waals surface area contributed by atoms with Gasteiger partial charge in [0.1, 0.15) is 22.3 Å². The Kier molecular flexibility index (Phi) is 6.96. The number of rotatable bonds is 5. The lowest BCUT2D eigenvalue weighted by atomic mass is 9.99. The fourth-order valence-electron chi connectivity index (χ4n) is 8.03. The minimum absolute atomic E-state index is 0.534. The molecule has 0 aliphatic carbocycles. The minimum atomic E-state index is 0.534. The van der Waals surface area contributed by atoms with Crippen molar-refractivity contribution in [3.05, 3.63) is 164 Å². The van der Waals surface area contributed by atoms with Crippen LogP contribution in [0.5, 0.6) is 0 Å². The highest BCUT2D eigenvalue weighted by atomic mass is 32.1. The number of aromatic nitrogens is 5. The monoisotopic (exact) mass is 749 g/mol. The molecule has 5 aromatic heterocycles. The summed E-state index contributed by atoms with van der Waals surface area (Å²) in [5.74, 6) is 2.32. The number of hydrogen-bond donors (Lipinski definition) is 0. The second-order valence-electron chi connectivity index (χ2n) is 13.9. The van der Waals surface area contributed by atoms with Crippen molar-refractivity contribution in [3.63, 3.8) is 0 Å². The Labute approximate surface area is 328 Å². The molecule has 12 rings (SSSR count). The number of nitrogens with zero attached hydrogens (tertiary/aromatic N) is 5. The van der Waals surface area contributed by atoms with Crippen LogP contribution in [-0.2, 0) is 0 Å². The average Bonchev–Trinajstić information content (AvgIpc) is 3.98. The molecule has 0 saturated carbocycles. The van der Waals surface area contributed by atoms with Crippen LogP contribution in [0.15, 0.2) is 173 Å². The number of furan rings is 2. The standard InChI is InChI=1S/C49H27N5O2S/c1-3-14-28(15-4-1)46-50-43-31-19-8-10-27-39(31)57-45(43)44(51-46)32-20-11-25-37-41(32)42-34(22-13-26-38(42)56-37)49-53-47(29-16-5-2-6-17-29)52-48(54-49)33-21-12-24-36-40(33)30-18-7-9-23-35(30)55-36/h1-27H. The van der Waals surface area contributed by atoms with Gasteiger partial charge in [-0.3, -0.25) is 0 Å². The molecule has 0 aliphatic rings. The highest BCUT2D eigenvalue weighted by Gasteiger charge is 2.24. The quantitative estimate of drug-likeness (QED) is 0.173. The Bertz CT molecular complexity index is 3540. The molecule has 5 heterocycles. The van der Waals surface area contributed by atoms with Crippen LogP contribution in [0.2, 0.25) is 0 Å². The van der Waals surface area contributed by atoms with Crippen LogP contribution in [0.25, 0.3) is 121 Å². The van der Waals surface area contributed by atoms with Crippen molar-refractivity contribution in [2.75, 3.05) is 0 Å². The summed E-state index contributed by atoms with van der Waals surface area (Å²) in [4.78, 5) is 26.1. The van der Waals surface area contributed by atoms with Crippen LogP contribution >= 0.6 is 11.3 Å². The van der Waals surface area contributed by atoms with Gasteiger partial charge in [0.15, 0.2) is 23.3 Å². The van der Waals surface area contributed by atoms with E-state index in [4.69, 9.17) is 33.8 Å². The number of para-hydroxylation sites is 1. The normalized spacial score (nSPS) is 11.9. The number of benzene rings is 7. The predicted octanol–water partition coefficient (Wildman–Crippen LogP) is 13.2. The molecule has 12 aromatic rings. The Morgan fingerprint density at radius 3 is 1.54 bits per heavy atom. The van der Waals surface area contributed by atoms with Crippen LogP contribution in [0.4, 0.5) is 0 Å². The first-order chi connectivity index (χ1) is 28.2. The van der Waals surface area contributed by atoms with Crippen molar-refractivity contribution in [3.8, 4) is 56.8 Å². The molecule has 0 atom stereocenters. The van der Waals surface area contributed by atoms with Gasteiger partial charge in [0, 0.05) is 59.4 Å². The topological polar surface area (TPSA) is 90.7 Å². The maximum Gasteiger partial charge on any atom is 0.164 e. The van der Waals surface area contributed by atoms with Gasteiger partial charge in [0.05, 0.1) is 15.9 Å². The zero-order valence-electron chi connectivity index (χ0n) is 30.0. The molecular weight excluding hydrogens is 723 g/mol. The number of fused-ring (bicyclic) bond motifs is 9. The van der Waals surface area contributed by atoms with E-state index in [9.17, 15) is 0 Å². The van der Waals surface area contributed by atoms with Gasteiger partial charge in [-0.05, 0) is 30.3 Å². The molecule has 0 spiro atoms. The van der Waals surface area contributed by atoms with E-state index in [1.54, 1.807) is 11.3 Å². The lowest BCUT2D eigenvalue weighted by Crippen LogP contribution is -2.00. The SMILES string of the molecule is c1ccc(-c2nc(-c3cccc4oc5ccccc5c34)nc(-c3cccc4oc5cccc(-c6nc(-c7ccccc7)nc7c6sc6ccccc67)c5c34)n2)cc1. The Morgan fingerprint density at radius 2 is 0.842 bits per heavy atom. The highest BCUT2D eigenvalue weighted by molar-refractivity contribution is 7.26. The van der Waals surface area contributed by atoms with Gasteiger partial charge >= 0.3 is 0 Å². The maximum atomic E-state index is 6.66. The molecule has 7 aromatic carbocycles. The van der Waals surface area contributed by atoms with Crippen molar-refractivity contribution in [1.29, 1.82) is 0 Å². The first kappa shape index (κ1) is 31.8. The fourth-order valence-corrected chi connectivity index (χ4v) is 9.18. The first-order valence-electron chi connectivity index (χ1n) is 18.7. The van der Waals surface area contributed by atoms with Crippen LogP contribution in [-0.4, -0.2) is 24.9 Å². The third kappa shape index (κ3) is 5.01. The molecule has 0 fully saturated rings. The summed E-state index contributed by atoms with van der Waals surface area (Å²) >= 11 is 1.71. The predicted molar refractivity (Wildman–Crippen MR) is 230 cm³/mol. The summed E-state index contributed by atoms with van der Waals surface area (Å²) in [7, 11) is 0. The molecular formula is C49H27N5O2S. The maximum absolute atomic E-state index is 6.66. The van der Waals surface area contributed by atoms with Gasteiger partial charge in [-0.15, -0.1) is 11.3 Å². The minimum Gasteiger partial charge on any atom is -0.456 e. The Hall–Kier alpha value is -7.55. The summed E-state index contributed by atoms with van der Waals surface area (Å²) < 4.78 is 15.1. The van der Waals surface area contributed by atoms with Gasteiger partial charge in [-0.2, -0.15) is 0 Å². The van der Waals surface area contributed by atoms with E-state index in [-0.39, 0.29) is 0 Å². The van der Waals surface area contributed by atoms with Crippen LogP contribution in [0.1, 0.15) is 0 Å². The lowest BCUT2D eigenvalue weighted by molar-refractivity contribution is 0.668. The molecule has 8 heteroatoms. The van der Waals surface area contributed by atoms with Gasteiger partial charge in [0.25, 0.3) is 0 Å². The van der Waals surface area contributed by atoms with E-state index in [0.29, 0.717) is 23.3 Å². The smallest absolute Gasteiger partial charge is 0.164 e. The van der Waals surface area contributed by atoms with Crippen LogP contribution in [0, 0.1) is 0 Å². The van der Waals surface area contributed by atoms with Gasteiger partial charge in [-0.25, -0.2) is 24.9 Å². The largest absolute Gasteiger partial charge is 0.456 e. The molecule has 57 heavy (non-hydrogen) atoms. The third-order valence-electron chi connectivity index (χ3n) is 10.6. The molecule has 0 aliphatic heterocycles. The van der Waals surface area contributed by atoms with E-state index < -0.39 is 0 Å². The van der Waals surface area contributed by atoms with E-state index in [1.807, 2.05) is 103 Å². The molecule has 0 saturated heterocycles. The summed E-state index contributed by atoms with van der Waals surface area (Å²) in [6, 6.07) is 55.0. The molecule has 0 radical (unpaired) electrons. The highest BCUT2D eigenvalue weighted by Crippen LogP contribution is 2.45. The molecule has 266 valence electrons. The van der Waals surface area contributed by atoms with Crippen molar-refractivity contribution in [2.24, 2.45) is 0 Å². The summed E-state index contributed by atoms with van der Waals surface area (Å²) in [5.41, 5.74) is 9.32. The van der Waals surface area contributed by atoms with Gasteiger partial charge in [0.2, 0.25) is 0 Å². The zero-order chi connectivity index (χ0) is 37.5. The second kappa shape index (κ2) is 12.5. The van der Waals surface area contributed by atoms with Crippen molar-refractivity contribution in [2.45, 2.75) is 0 Å². The van der Waals surface area contributed by atoms with Crippen molar-refractivity contribution in [1.82, 2.24) is 24.9 Å². The lowest BCUT2D eigenvalue weighted by Gasteiger charge is -2.11. The van der Waals surface area contributed by atoms with E-state index in [2.05, 4.69) is 60.7 Å².